The Morgan fingerprint density at radius 1 is 0.981 bits per heavy atom. The van der Waals surface area contributed by atoms with Crippen LogP contribution in [0.1, 0.15) is 58.4 Å². The molecular formula is C36H33ClF3N7O5. The maximum atomic E-state index is 14.3. The van der Waals surface area contributed by atoms with E-state index in [1.165, 1.54) is 29.2 Å². The second kappa shape index (κ2) is 14.3. The van der Waals surface area contributed by atoms with E-state index >= 15 is 0 Å². The Balaban J connectivity index is 0.994. The van der Waals surface area contributed by atoms with E-state index in [0.29, 0.717) is 66.0 Å². The molecule has 0 saturated carbocycles. The average Bonchev–Trinajstić information content (AvgIpc) is 3.64. The molecule has 270 valence electrons. The van der Waals surface area contributed by atoms with Gasteiger partial charge < -0.3 is 20.4 Å². The van der Waals surface area contributed by atoms with Crippen molar-refractivity contribution in [3.05, 3.63) is 82.1 Å². The molecule has 0 spiro atoms. The highest BCUT2D eigenvalue weighted by atomic mass is 35.5. The smallest absolute Gasteiger partial charge is 0.264 e. The summed E-state index contributed by atoms with van der Waals surface area (Å²) in [6.45, 7) is 0.430. The molecule has 12 nitrogen and oxygen atoms in total. The van der Waals surface area contributed by atoms with Gasteiger partial charge in [0.2, 0.25) is 17.7 Å². The summed E-state index contributed by atoms with van der Waals surface area (Å²) < 4.78 is 41.8. The Morgan fingerprint density at radius 3 is 2.58 bits per heavy atom. The summed E-state index contributed by atoms with van der Waals surface area (Å²) in [4.78, 5) is 72.6. The van der Waals surface area contributed by atoms with Crippen LogP contribution in [0.2, 0.25) is 5.02 Å². The molecule has 2 unspecified atom stereocenters. The molecule has 2 saturated heterocycles. The number of anilines is 4. The minimum absolute atomic E-state index is 0.0199. The van der Waals surface area contributed by atoms with E-state index in [4.69, 9.17) is 16.6 Å². The molecule has 0 bridgehead atoms. The second-order valence-electron chi connectivity index (χ2n) is 12.9. The van der Waals surface area contributed by atoms with Crippen LogP contribution in [0.3, 0.4) is 0 Å². The maximum Gasteiger partial charge on any atom is 0.264 e. The predicted octanol–water partition coefficient (Wildman–Crippen LogP) is 4.95. The lowest BCUT2D eigenvalue weighted by molar-refractivity contribution is -0.136. The van der Waals surface area contributed by atoms with Gasteiger partial charge >= 0.3 is 0 Å². The lowest BCUT2D eigenvalue weighted by Crippen LogP contribution is -2.54. The summed E-state index contributed by atoms with van der Waals surface area (Å²) in [5.41, 5.74) is 2.22. The van der Waals surface area contributed by atoms with E-state index in [2.05, 4.69) is 16.0 Å². The van der Waals surface area contributed by atoms with E-state index in [1.807, 2.05) is 0 Å². The monoisotopic (exact) mass is 735 g/mol. The molecule has 3 aromatic carbocycles. The van der Waals surface area contributed by atoms with Crippen LogP contribution in [0, 0.1) is 5.82 Å². The van der Waals surface area contributed by atoms with Gasteiger partial charge in [-0.1, -0.05) is 17.7 Å². The molecule has 0 aliphatic carbocycles. The number of nitrogens with zero attached hydrogens (tertiary/aromatic N) is 4. The van der Waals surface area contributed by atoms with Crippen molar-refractivity contribution in [2.45, 2.75) is 50.6 Å². The first-order chi connectivity index (χ1) is 25.0. The highest BCUT2D eigenvalue weighted by Crippen LogP contribution is 2.40. The number of carbonyl (C=O) groups excluding carboxylic acids is 5. The zero-order chi connectivity index (χ0) is 36.7. The van der Waals surface area contributed by atoms with Crippen molar-refractivity contribution in [3.8, 4) is 0 Å². The van der Waals surface area contributed by atoms with Crippen LogP contribution in [-0.4, -0.2) is 89.9 Å². The first-order valence-electron chi connectivity index (χ1n) is 16.8. The molecule has 5 amide bonds. The number of fused-ring (bicyclic) bond motifs is 3. The van der Waals surface area contributed by atoms with E-state index < -0.39 is 48.5 Å². The van der Waals surface area contributed by atoms with E-state index in [0.717, 1.165) is 4.90 Å². The van der Waals surface area contributed by atoms with Gasteiger partial charge in [0.25, 0.3) is 18.2 Å². The normalized spacial score (nSPS) is 20.5. The maximum absolute atomic E-state index is 14.3. The SMILES string of the molecule is O=C1CCC(N2C(=O)c3cccc(NCCCC(=O)N4CCC(N=C5Nc6cc(F)ccc6N(CC(F)F)c6ccc(Cl)cc65)C4)c3C2=O)C(=O)N1. The quantitative estimate of drug-likeness (QED) is 0.207. The van der Waals surface area contributed by atoms with Crippen LogP contribution in [0.4, 0.5) is 35.9 Å². The fraction of sp³-hybridized carbons (Fsp3) is 0.333. The average molecular weight is 736 g/mol. The number of hydrogen-bond donors (Lipinski definition) is 3. The van der Waals surface area contributed by atoms with Gasteiger partial charge in [0.05, 0.1) is 40.8 Å². The number of likely N-dealkylation sites (tertiary alicyclic amines) is 1. The van der Waals surface area contributed by atoms with E-state index in [9.17, 15) is 37.1 Å². The first-order valence-corrected chi connectivity index (χ1v) is 17.2. The summed E-state index contributed by atoms with van der Waals surface area (Å²) in [6.07, 6.45) is -1.47. The Hall–Kier alpha value is -5.44. The standard InChI is InChI=1S/C36H33ClF3N7O5/c37-19-6-8-26-23(15-19)33(43-25-16-20(38)7-9-27(25)46(26)18-29(39)40)42-21-12-14-45(17-21)31(49)5-2-13-41-24-4-1-3-22-32(24)36(52)47(35(22)51)28-10-11-30(48)44-34(28)50/h1,3-4,6-9,15-16,21,28-29,41H,2,5,10-14,17-18H2,(H,42,43)(H,44,48,50). The zero-order valence-corrected chi connectivity index (χ0v) is 28.4. The molecule has 4 aliphatic rings. The summed E-state index contributed by atoms with van der Waals surface area (Å²) >= 11 is 6.33. The zero-order valence-electron chi connectivity index (χ0n) is 27.6. The second-order valence-corrected chi connectivity index (χ2v) is 13.4. The number of imide groups is 2. The van der Waals surface area contributed by atoms with Gasteiger partial charge in [-0.15, -0.1) is 0 Å². The Kier molecular flexibility index (Phi) is 9.62. The number of piperidine rings is 1. The van der Waals surface area contributed by atoms with Crippen molar-refractivity contribution < 1.29 is 37.1 Å². The van der Waals surface area contributed by atoms with Gasteiger partial charge in [-0.25, -0.2) is 13.2 Å². The van der Waals surface area contributed by atoms with Gasteiger partial charge in [-0.2, -0.15) is 0 Å². The fourth-order valence-electron chi connectivity index (χ4n) is 7.08. The lowest BCUT2D eigenvalue weighted by Gasteiger charge is -2.27. The van der Waals surface area contributed by atoms with Gasteiger partial charge in [-0.05, 0) is 67.8 Å². The van der Waals surface area contributed by atoms with E-state index in [1.54, 1.807) is 35.2 Å². The molecule has 3 N–H and O–H groups in total. The summed E-state index contributed by atoms with van der Waals surface area (Å²) in [5.74, 6) is -2.70. The van der Waals surface area contributed by atoms with Crippen LogP contribution < -0.4 is 20.9 Å². The largest absolute Gasteiger partial charge is 0.384 e. The Morgan fingerprint density at radius 2 is 1.79 bits per heavy atom. The third-order valence-corrected chi connectivity index (χ3v) is 9.74. The lowest BCUT2D eigenvalue weighted by atomic mass is 10.0. The highest BCUT2D eigenvalue weighted by molar-refractivity contribution is 6.31. The number of halogens is 4. The third-order valence-electron chi connectivity index (χ3n) is 9.51. The number of amidine groups is 1. The predicted molar refractivity (Wildman–Crippen MR) is 187 cm³/mol. The van der Waals surface area contributed by atoms with Crippen LogP contribution in [0.25, 0.3) is 0 Å². The van der Waals surface area contributed by atoms with Gasteiger partial charge in [0.1, 0.15) is 17.7 Å². The molecule has 7 rings (SSSR count). The molecule has 16 heteroatoms. The summed E-state index contributed by atoms with van der Waals surface area (Å²) in [5, 5.41) is 8.83. The molecule has 0 aromatic heterocycles. The molecule has 3 aromatic rings. The van der Waals surface area contributed by atoms with Gasteiger partial charge in [0, 0.05) is 48.7 Å². The van der Waals surface area contributed by atoms with Crippen molar-refractivity contribution in [1.29, 1.82) is 0 Å². The Labute approximate surface area is 301 Å². The molecule has 4 aliphatic heterocycles. The van der Waals surface area contributed by atoms with Crippen molar-refractivity contribution in [1.82, 2.24) is 15.1 Å². The van der Waals surface area contributed by atoms with Crippen molar-refractivity contribution >= 4 is 69.7 Å². The first kappa shape index (κ1) is 35.0. The van der Waals surface area contributed by atoms with E-state index in [-0.39, 0.29) is 48.0 Å². The summed E-state index contributed by atoms with van der Waals surface area (Å²) in [6, 6.07) is 12.1. The summed E-state index contributed by atoms with van der Waals surface area (Å²) in [7, 11) is 0. The number of aliphatic imine (C=N–C) groups is 1. The number of benzene rings is 3. The number of alkyl halides is 2. The van der Waals surface area contributed by atoms with Gasteiger partial charge in [-0.3, -0.25) is 39.2 Å². The molecule has 0 radical (unpaired) electrons. The third kappa shape index (κ3) is 6.79. The molecule has 2 atom stereocenters. The topological polar surface area (TPSA) is 144 Å². The number of rotatable bonds is 9. The fourth-order valence-corrected chi connectivity index (χ4v) is 7.25. The van der Waals surface area contributed by atoms with Crippen LogP contribution in [0.15, 0.2) is 59.6 Å². The molecule has 4 heterocycles. The minimum atomic E-state index is -2.68. The Bertz CT molecular complexity index is 2030. The van der Waals surface area contributed by atoms with Crippen LogP contribution >= 0.6 is 11.6 Å². The number of hydrogen-bond acceptors (Lipinski definition) is 8. The van der Waals surface area contributed by atoms with Crippen molar-refractivity contribution in [2.75, 3.05) is 41.7 Å². The van der Waals surface area contributed by atoms with Crippen LogP contribution in [-0.2, 0) is 14.4 Å². The van der Waals surface area contributed by atoms with Gasteiger partial charge in [0.15, 0.2) is 0 Å². The van der Waals surface area contributed by atoms with Crippen LogP contribution in [0.5, 0.6) is 0 Å². The number of nitrogens with one attached hydrogen (secondary N) is 3. The van der Waals surface area contributed by atoms with Crippen molar-refractivity contribution in [3.63, 3.8) is 0 Å². The minimum Gasteiger partial charge on any atom is -0.384 e. The molecular weight excluding hydrogens is 703 g/mol. The molecule has 52 heavy (non-hydrogen) atoms. The highest BCUT2D eigenvalue weighted by Gasteiger charge is 2.45. The number of carbonyl (C=O) groups is 5. The number of amides is 5. The van der Waals surface area contributed by atoms with Crippen molar-refractivity contribution in [2.24, 2.45) is 4.99 Å². The molecule has 2 fully saturated rings.